The highest BCUT2D eigenvalue weighted by Crippen LogP contribution is 2.15. The van der Waals surface area contributed by atoms with Crippen LogP contribution in [-0.4, -0.2) is 75.2 Å². The van der Waals surface area contributed by atoms with Gasteiger partial charge in [-0.05, 0) is 20.8 Å². The summed E-state index contributed by atoms with van der Waals surface area (Å²) in [4.78, 5) is 17.5. The number of amides is 1. The molecule has 23 heavy (non-hydrogen) atoms. The molecule has 1 rings (SSSR count). The van der Waals surface area contributed by atoms with Crippen molar-refractivity contribution in [1.82, 2.24) is 15.5 Å². The van der Waals surface area contributed by atoms with Crippen LogP contribution in [0.15, 0.2) is 4.99 Å². The minimum atomic E-state index is -3.00. The van der Waals surface area contributed by atoms with Crippen molar-refractivity contribution in [3.05, 3.63) is 0 Å². The lowest BCUT2D eigenvalue weighted by molar-refractivity contribution is 0.00701. The fourth-order valence-corrected chi connectivity index (χ4v) is 2.60. The maximum absolute atomic E-state index is 11.8. The van der Waals surface area contributed by atoms with Crippen LogP contribution in [0, 0.1) is 0 Å². The molecule has 0 atom stereocenters. The number of ether oxygens (including phenoxy) is 1. The molecule has 1 heterocycles. The first kappa shape index (κ1) is 19.5. The number of rotatable bonds is 5. The molecule has 0 aromatic carbocycles. The molecule has 8 nitrogen and oxygen atoms in total. The highest BCUT2D eigenvalue weighted by Gasteiger charge is 2.34. The summed E-state index contributed by atoms with van der Waals surface area (Å²) in [5.74, 6) is 0.734. The number of hydrogen-bond acceptors (Lipinski definition) is 5. The molecule has 1 aliphatic rings. The Morgan fingerprint density at radius 3 is 2.43 bits per heavy atom. The molecule has 1 saturated heterocycles. The molecule has 134 valence electrons. The second-order valence-electron chi connectivity index (χ2n) is 6.46. The molecular formula is C14H28N4O4S. The Bertz CT molecular complexity index is 533. The number of carbonyl (C=O) groups excluding carboxylic acids is 1. The summed E-state index contributed by atoms with van der Waals surface area (Å²) in [5.41, 5.74) is -0.502. The van der Waals surface area contributed by atoms with Crippen molar-refractivity contribution in [3.63, 3.8) is 0 Å². The first-order valence-electron chi connectivity index (χ1n) is 7.72. The molecule has 0 radical (unpaired) electrons. The van der Waals surface area contributed by atoms with E-state index >= 15 is 0 Å². The number of guanidine groups is 1. The maximum Gasteiger partial charge on any atom is 0.410 e. The molecular weight excluding hydrogens is 320 g/mol. The Morgan fingerprint density at radius 2 is 1.96 bits per heavy atom. The van der Waals surface area contributed by atoms with Crippen molar-refractivity contribution < 1.29 is 17.9 Å². The van der Waals surface area contributed by atoms with E-state index in [2.05, 4.69) is 15.6 Å². The minimum Gasteiger partial charge on any atom is -0.444 e. The zero-order chi connectivity index (χ0) is 17.7. The quantitative estimate of drug-likeness (QED) is 0.544. The Morgan fingerprint density at radius 1 is 1.35 bits per heavy atom. The van der Waals surface area contributed by atoms with Gasteiger partial charge in [0.2, 0.25) is 0 Å². The highest BCUT2D eigenvalue weighted by atomic mass is 32.2. The molecule has 1 amide bonds. The Kier molecular flexibility index (Phi) is 6.67. The van der Waals surface area contributed by atoms with Crippen molar-refractivity contribution in [1.29, 1.82) is 0 Å². The third kappa shape index (κ3) is 7.06. The van der Waals surface area contributed by atoms with Crippen LogP contribution in [0.3, 0.4) is 0 Å². The van der Waals surface area contributed by atoms with Gasteiger partial charge in [0.15, 0.2) is 15.8 Å². The zero-order valence-corrected chi connectivity index (χ0v) is 15.4. The number of likely N-dealkylation sites (tertiary alicyclic amines) is 1. The van der Waals surface area contributed by atoms with Crippen molar-refractivity contribution in [2.24, 2.45) is 4.99 Å². The summed E-state index contributed by atoms with van der Waals surface area (Å²) < 4.78 is 28.1. The summed E-state index contributed by atoms with van der Waals surface area (Å²) in [6.07, 6.45) is -0.326. The number of hydrogen-bond donors (Lipinski definition) is 2. The number of aliphatic imine (C=N–C) groups is 1. The van der Waals surface area contributed by atoms with Gasteiger partial charge >= 0.3 is 6.09 Å². The summed E-state index contributed by atoms with van der Waals surface area (Å²) in [6.45, 7) is 8.48. The van der Waals surface area contributed by atoms with Crippen LogP contribution in [0.4, 0.5) is 4.79 Å². The highest BCUT2D eigenvalue weighted by molar-refractivity contribution is 7.91. The van der Waals surface area contributed by atoms with Crippen LogP contribution in [0.1, 0.15) is 27.7 Å². The lowest BCUT2D eigenvalue weighted by Crippen LogP contribution is -2.63. The number of nitrogens with zero attached hydrogens (tertiary/aromatic N) is 2. The van der Waals surface area contributed by atoms with Crippen molar-refractivity contribution in [2.45, 2.75) is 39.3 Å². The average molecular weight is 348 g/mol. The molecule has 0 aromatic rings. The van der Waals surface area contributed by atoms with E-state index in [4.69, 9.17) is 4.74 Å². The van der Waals surface area contributed by atoms with Crippen LogP contribution in [0.25, 0.3) is 0 Å². The van der Waals surface area contributed by atoms with Gasteiger partial charge in [-0.25, -0.2) is 13.2 Å². The topological polar surface area (TPSA) is 100 Å². The molecule has 1 fully saturated rings. The Hall–Kier alpha value is -1.51. The van der Waals surface area contributed by atoms with Crippen molar-refractivity contribution >= 4 is 21.9 Å². The molecule has 0 unspecified atom stereocenters. The van der Waals surface area contributed by atoms with E-state index in [9.17, 15) is 13.2 Å². The van der Waals surface area contributed by atoms with Crippen LogP contribution in [0.2, 0.25) is 0 Å². The maximum atomic E-state index is 11.8. The van der Waals surface area contributed by atoms with E-state index in [1.54, 1.807) is 18.9 Å². The fourth-order valence-electron chi connectivity index (χ4n) is 1.90. The van der Waals surface area contributed by atoms with E-state index in [1.807, 2.05) is 20.8 Å². The predicted octanol–water partition coefficient (Wildman–Crippen LogP) is 0.205. The predicted molar refractivity (Wildman–Crippen MR) is 90.4 cm³/mol. The van der Waals surface area contributed by atoms with Gasteiger partial charge in [-0.2, -0.15) is 0 Å². The molecule has 1 aliphatic heterocycles. The largest absolute Gasteiger partial charge is 0.444 e. The van der Waals surface area contributed by atoms with E-state index in [0.29, 0.717) is 25.6 Å². The SMILES string of the molecule is CCS(=O)(=O)CCNC(=NC)NC1CN(C(=O)OC(C)(C)C)C1. The number of sulfone groups is 1. The Balaban J connectivity index is 2.31. The first-order valence-corrected chi connectivity index (χ1v) is 9.54. The normalized spacial score (nSPS) is 16.7. The van der Waals surface area contributed by atoms with Crippen molar-refractivity contribution in [2.75, 3.05) is 38.2 Å². The van der Waals surface area contributed by atoms with E-state index in [-0.39, 0.29) is 23.6 Å². The van der Waals surface area contributed by atoms with Gasteiger partial charge < -0.3 is 20.3 Å². The number of carbonyl (C=O) groups is 1. The van der Waals surface area contributed by atoms with Gasteiger partial charge in [0, 0.05) is 32.4 Å². The van der Waals surface area contributed by atoms with E-state index in [1.165, 1.54) is 0 Å². The third-order valence-electron chi connectivity index (χ3n) is 3.24. The molecule has 9 heteroatoms. The van der Waals surface area contributed by atoms with Gasteiger partial charge in [0.25, 0.3) is 0 Å². The van der Waals surface area contributed by atoms with E-state index < -0.39 is 15.4 Å². The molecule has 0 spiro atoms. The molecule has 0 bridgehead atoms. The van der Waals surface area contributed by atoms with Crippen LogP contribution < -0.4 is 10.6 Å². The van der Waals surface area contributed by atoms with Gasteiger partial charge in [-0.1, -0.05) is 6.92 Å². The molecule has 0 aliphatic carbocycles. The van der Waals surface area contributed by atoms with Gasteiger partial charge in [-0.15, -0.1) is 0 Å². The number of nitrogens with one attached hydrogen (secondary N) is 2. The summed E-state index contributed by atoms with van der Waals surface area (Å²) in [5, 5.41) is 6.12. The fraction of sp³-hybridized carbons (Fsp3) is 0.857. The lowest BCUT2D eigenvalue weighted by atomic mass is 10.1. The minimum absolute atomic E-state index is 0.0684. The smallest absolute Gasteiger partial charge is 0.410 e. The summed E-state index contributed by atoms with van der Waals surface area (Å²) in [6, 6.07) is 0.0801. The summed E-state index contributed by atoms with van der Waals surface area (Å²) in [7, 11) is -1.38. The molecule has 0 aromatic heterocycles. The second-order valence-corrected chi connectivity index (χ2v) is 8.93. The first-order chi connectivity index (χ1) is 10.6. The van der Waals surface area contributed by atoms with Gasteiger partial charge in [-0.3, -0.25) is 4.99 Å². The summed E-state index contributed by atoms with van der Waals surface area (Å²) >= 11 is 0. The lowest BCUT2D eigenvalue weighted by Gasteiger charge is -2.40. The van der Waals surface area contributed by atoms with Gasteiger partial charge in [0.05, 0.1) is 11.8 Å². The third-order valence-corrected chi connectivity index (χ3v) is 4.95. The van der Waals surface area contributed by atoms with E-state index in [0.717, 1.165) is 0 Å². The van der Waals surface area contributed by atoms with Crippen molar-refractivity contribution in [3.8, 4) is 0 Å². The monoisotopic (exact) mass is 348 g/mol. The van der Waals surface area contributed by atoms with Gasteiger partial charge in [0.1, 0.15) is 5.60 Å². The zero-order valence-electron chi connectivity index (χ0n) is 14.5. The van der Waals surface area contributed by atoms with Crippen LogP contribution in [-0.2, 0) is 14.6 Å². The van der Waals surface area contributed by atoms with Crippen LogP contribution >= 0.6 is 0 Å². The average Bonchev–Trinajstić information content (AvgIpc) is 2.37. The second kappa shape index (κ2) is 7.85. The standard InChI is InChI=1S/C14H28N4O4S/c1-6-23(20,21)8-7-16-12(15-5)17-11-9-18(10-11)13(19)22-14(2,3)4/h11H,6-10H2,1-5H3,(H2,15,16,17). The molecule has 0 saturated carbocycles. The van der Waals surface area contributed by atoms with Crippen LogP contribution in [0.5, 0.6) is 0 Å². The molecule has 2 N–H and O–H groups in total. The Labute approximate surface area is 138 Å².